The topological polar surface area (TPSA) is 66.6 Å². The molecule has 0 aliphatic heterocycles. The number of aromatic carboxylic acids is 1. The van der Waals surface area contributed by atoms with Crippen LogP contribution >= 0.6 is 0 Å². The molecule has 0 amide bonds. The van der Waals surface area contributed by atoms with E-state index in [9.17, 15) is 9.90 Å². The summed E-state index contributed by atoms with van der Waals surface area (Å²) in [5, 5.41) is 9.27. The zero-order valence-corrected chi connectivity index (χ0v) is 11.6. The molecular weight excluding hydrogens is 252 g/mol. The van der Waals surface area contributed by atoms with E-state index >= 15 is 0 Å². The Kier molecular flexibility index (Phi) is 3.94. The number of nitrogens with two attached hydrogens (primary N) is 1. The average Bonchev–Trinajstić information content (AvgIpc) is 2.39. The van der Waals surface area contributed by atoms with E-state index in [1.165, 1.54) is 5.56 Å². The number of nitrogens with zero attached hydrogens (tertiary/aromatic N) is 1. The summed E-state index contributed by atoms with van der Waals surface area (Å²) >= 11 is 0. The maximum Gasteiger partial charge on any atom is 0.338 e. The van der Waals surface area contributed by atoms with Crippen molar-refractivity contribution in [1.82, 2.24) is 0 Å². The van der Waals surface area contributed by atoms with E-state index in [0.717, 1.165) is 5.69 Å². The summed E-state index contributed by atoms with van der Waals surface area (Å²) in [6, 6.07) is 13.3. The van der Waals surface area contributed by atoms with Gasteiger partial charge in [0.25, 0.3) is 0 Å². The van der Waals surface area contributed by atoms with Crippen LogP contribution in [0.3, 0.4) is 0 Å². The highest BCUT2D eigenvalue weighted by Gasteiger charge is 2.15. The first-order chi connectivity index (χ1) is 9.49. The molecule has 0 saturated heterocycles. The lowest BCUT2D eigenvalue weighted by molar-refractivity contribution is 0.0697. The summed E-state index contributed by atoms with van der Waals surface area (Å²) < 4.78 is 0. The minimum Gasteiger partial charge on any atom is -0.478 e. The second kappa shape index (κ2) is 5.65. The van der Waals surface area contributed by atoms with E-state index in [1.54, 1.807) is 18.2 Å². The van der Waals surface area contributed by atoms with Crippen LogP contribution < -0.4 is 10.6 Å². The molecule has 0 heterocycles. The summed E-state index contributed by atoms with van der Waals surface area (Å²) in [7, 11) is 1.93. The van der Waals surface area contributed by atoms with E-state index in [-0.39, 0.29) is 5.56 Å². The summed E-state index contributed by atoms with van der Waals surface area (Å²) in [4.78, 5) is 13.3. The zero-order chi connectivity index (χ0) is 14.7. The number of rotatable bonds is 4. The minimum absolute atomic E-state index is 0.187. The predicted molar refractivity (Wildman–Crippen MR) is 81.1 cm³/mol. The Morgan fingerprint density at radius 3 is 2.45 bits per heavy atom. The Hall–Kier alpha value is -2.49. The molecule has 104 valence electrons. The van der Waals surface area contributed by atoms with Crippen LogP contribution in [0.5, 0.6) is 0 Å². The third kappa shape index (κ3) is 2.91. The van der Waals surface area contributed by atoms with Crippen molar-refractivity contribution >= 4 is 17.3 Å². The zero-order valence-electron chi connectivity index (χ0n) is 11.6. The molecule has 0 atom stereocenters. The Labute approximate surface area is 118 Å². The maximum absolute atomic E-state index is 11.3. The molecule has 2 aromatic rings. The largest absolute Gasteiger partial charge is 0.478 e. The van der Waals surface area contributed by atoms with Crippen molar-refractivity contribution in [3.63, 3.8) is 0 Å². The van der Waals surface area contributed by atoms with Gasteiger partial charge < -0.3 is 15.7 Å². The summed E-state index contributed by atoms with van der Waals surface area (Å²) in [6.45, 7) is 2.53. The number of aryl methyl sites for hydroxylation is 1. The third-order valence-corrected chi connectivity index (χ3v) is 3.28. The second-order valence-corrected chi connectivity index (χ2v) is 4.88. The van der Waals surface area contributed by atoms with Crippen molar-refractivity contribution in [3.8, 4) is 0 Å². The van der Waals surface area contributed by atoms with E-state index in [4.69, 9.17) is 5.73 Å². The third-order valence-electron chi connectivity index (χ3n) is 3.28. The molecular formula is C16H18N2O2. The van der Waals surface area contributed by atoms with Gasteiger partial charge in [-0.25, -0.2) is 4.79 Å². The number of carboxylic acid groups (broad SMARTS) is 1. The fourth-order valence-corrected chi connectivity index (χ4v) is 2.16. The van der Waals surface area contributed by atoms with Crippen molar-refractivity contribution in [2.75, 3.05) is 17.7 Å². The van der Waals surface area contributed by atoms with Crippen molar-refractivity contribution in [3.05, 3.63) is 59.2 Å². The molecule has 0 fully saturated rings. The van der Waals surface area contributed by atoms with Gasteiger partial charge in [-0.3, -0.25) is 0 Å². The average molecular weight is 270 g/mol. The normalized spacial score (nSPS) is 10.3. The molecule has 0 radical (unpaired) electrons. The van der Waals surface area contributed by atoms with Crippen molar-refractivity contribution < 1.29 is 9.90 Å². The lowest BCUT2D eigenvalue weighted by atomic mass is 10.0. The molecule has 0 aliphatic carbocycles. The Morgan fingerprint density at radius 2 is 1.85 bits per heavy atom. The summed E-state index contributed by atoms with van der Waals surface area (Å²) in [5.41, 5.74) is 9.18. The predicted octanol–water partition coefficient (Wildman–Crippen LogP) is 2.91. The molecule has 2 aromatic carbocycles. The SMILES string of the molecule is Cc1ccc(N(C)Cc2cccc(N)c2C(=O)O)cc1. The molecule has 4 heteroatoms. The van der Waals surface area contributed by atoms with Crippen molar-refractivity contribution in [2.45, 2.75) is 13.5 Å². The van der Waals surface area contributed by atoms with Gasteiger partial charge in [0.05, 0.1) is 5.56 Å². The van der Waals surface area contributed by atoms with Crippen LogP contribution in [0.2, 0.25) is 0 Å². The number of anilines is 2. The lowest BCUT2D eigenvalue weighted by Gasteiger charge is -2.21. The molecule has 0 spiro atoms. The highest BCUT2D eigenvalue weighted by molar-refractivity contribution is 5.95. The van der Waals surface area contributed by atoms with Gasteiger partial charge in [-0.15, -0.1) is 0 Å². The number of carboxylic acids is 1. The molecule has 0 aromatic heterocycles. The molecule has 3 N–H and O–H groups in total. The molecule has 20 heavy (non-hydrogen) atoms. The number of hydrogen-bond acceptors (Lipinski definition) is 3. The van der Waals surface area contributed by atoms with Crippen LogP contribution in [0.15, 0.2) is 42.5 Å². The molecule has 0 saturated carbocycles. The van der Waals surface area contributed by atoms with Gasteiger partial charge in [-0.05, 0) is 30.7 Å². The van der Waals surface area contributed by atoms with Crippen LogP contribution in [0.25, 0.3) is 0 Å². The second-order valence-electron chi connectivity index (χ2n) is 4.88. The molecule has 4 nitrogen and oxygen atoms in total. The van der Waals surface area contributed by atoms with Crippen LogP contribution in [0, 0.1) is 6.92 Å². The van der Waals surface area contributed by atoms with Crippen LogP contribution in [0.4, 0.5) is 11.4 Å². The number of carbonyl (C=O) groups is 1. The Bertz CT molecular complexity index is 621. The number of benzene rings is 2. The van der Waals surface area contributed by atoms with Crippen LogP contribution in [0.1, 0.15) is 21.5 Å². The fraction of sp³-hybridized carbons (Fsp3) is 0.188. The van der Waals surface area contributed by atoms with E-state index < -0.39 is 5.97 Å². The summed E-state index contributed by atoms with van der Waals surface area (Å²) in [5.74, 6) is -0.990. The monoisotopic (exact) mass is 270 g/mol. The van der Waals surface area contributed by atoms with Crippen molar-refractivity contribution in [1.29, 1.82) is 0 Å². The fourth-order valence-electron chi connectivity index (χ4n) is 2.16. The first kappa shape index (κ1) is 13.9. The molecule has 0 aliphatic rings. The smallest absolute Gasteiger partial charge is 0.338 e. The quantitative estimate of drug-likeness (QED) is 0.838. The Balaban J connectivity index is 2.28. The van der Waals surface area contributed by atoms with Gasteiger partial charge >= 0.3 is 5.97 Å². The van der Waals surface area contributed by atoms with E-state index in [0.29, 0.717) is 17.8 Å². The van der Waals surface area contributed by atoms with Gasteiger partial charge in [0.1, 0.15) is 0 Å². The first-order valence-corrected chi connectivity index (χ1v) is 6.37. The molecule has 2 rings (SSSR count). The standard InChI is InChI=1S/C16H18N2O2/c1-11-6-8-13(9-7-11)18(2)10-12-4-3-5-14(17)15(12)16(19)20/h3-9H,10,17H2,1-2H3,(H,19,20). The van der Waals surface area contributed by atoms with E-state index in [1.807, 2.05) is 43.1 Å². The van der Waals surface area contributed by atoms with Crippen LogP contribution in [-0.4, -0.2) is 18.1 Å². The van der Waals surface area contributed by atoms with Gasteiger partial charge in [-0.1, -0.05) is 29.8 Å². The lowest BCUT2D eigenvalue weighted by Crippen LogP contribution is -2.19. The summed E-state index contributed by atoms with van der Waals surface area (Å²) in [6.07, 6.45) is 0. The van der Waals surface area contributed by atoms with Gasteiger partial charge in [-0.2, -0.15) is 0 Å². The van der Waals surface area contributed by atoms with Crippen LogP contribution in [-0.2, 0) is 6.54 Å². The number of hydrogen-bond donors (Lipinski definition) is 2. The van der Waals surface area contributed by atoms with Gasteiger partial charge in [0.2, 0.25) is 0 Å². The van der Waals surface area contributed by atoms with E-state index in [2.05, 4.69) is 0 Å². The molecule has 0 unspecified atom stereocenters. The minimum atomic E-state index is -0.990. The van der Waals surface area contributed by atoms with Gasteiger partial charge in [0.15, 0.2) is 0 Å². The van der Waals surface area contributed by atoms with Crippen molar-refractivity contribution in [2.24, 2.45) is 0 Å². The Morgan fingerprint density at radius 1 is 1.20 bits per heavy atom. The maximum atomic E-state index is 11.3. The van der Waals surface area contributed by atoms with Gasteiger partial charge in [0, 0.05) is 25.0 Å². The molecule has 0 bridgehead atoms. The number of nitrogen functional groups attached to an aromatic ring is 1. The highest BCUT2D eigenvalue weighted by Crippen LogP contribution is 2.21. The first-order valence-electron chi connectivity index (χ1n) is 6.37. The highest BCUT2D eigenvalue weighted by atomic mass is 16.4.